The summed E-state index contributed by atoms with van der Waals surface area (Å²) < 4.78 is 5.36. The van der Waals surface area contributed by atoms with E-state index in [9.17, 15) is 4.79 Å². The SMILES string of the molecule is O=C(CCNc1ncccn1)N1CCN(Cc2ccco2)CC1. The maximum atomic E-state index is 12.2. The number of piperazine rings is 1. The minimum Gasteiger partial charge on any atom is -0.468 e. The molecule has 0 saturated carbocycles. The minimum absolute atomic E-state index is 0.172. The molecule has 122 valence electrons. The number of carbonyl (C=O) groups is 1. The lowest BCUT2D eigenvalue weighted by molar-refractivity contribution is -0.132. The highest BCUT2D eigenvalue weighted by molar-refractivity contribution is 5.76. The minimum atomic E-state index is 0.172. The van der Waals surface area contributed by atoms with E-state index in [1.54, 1.807) is 24.7 Å². The quantitative estimate of drug-likeness (QED) is 0.864. The lowest BCUT2D eigenvalue weighted by Gasteiger charge is -2.34. The van der Waals surface area contributed by atoms with E-state index in [1.807, 2.05) is 17.0 Å². The summed E-state index contributed by atoms with van der Waals surface area (Å²) in [6.45, 7) is 4.64. The third-order valence-electron chi connectivity index (χ3n) is 3.87. The van der Waals surface area contributed by atoms with Gasteiger partial charge in [-0.15, -0.1) is 0 Å². The van der Waals surface area contributed by atoms with Gasteiger partial charge in [0.05, 0.1) is 12.8 Å². The van der Waals surface area contributed by atoms with Gasteiger partial charge in [0.2, 0.25) is 11.9 Å². The fourth-order valence-corrected chi connectivity index (χ4v) is 2.61. The van der Waals surface area contributed by atoms with Crippen LogP contribution in [0, 0.1) is 0 Å². The molecule has 3 rings (SSSR count). The number of amides is 1. The lowest BCUT2D eigenvalue weighted by atomic mass is 10.2. The monoisotopic (exact) mass is 315 g/mol. The van der Waals surface area contributed by atoms with Crippen LogP contribution in [0.5, 0.6) is 0 Å². The second-order valence-corrected chi connectivity index (χ2v) is 5.49. The smallest absolute Gasteiger partial charge is 0.224 e. The summed E-state index contributed by atoms with van der Waals surface area (Å²) in [6.07, 6.45) is 5.50. The molecule has 0 radical (unpaired) electrons. The second-order valence-electron chi connectivity index (χ2n) is 5.49. The van der Waals surface area contributed by atoms with Crippen LogP contribution in [0.4, 0.5) is 5.95 Å². The van der Waals surface area contributed by atoms with Gasteiger partial charge in [-0.25, -0.2) is 9.97 Å². The first-order chi connectivity index (χ1) is 11.3. The normalized spacial score (nSPS) is 15.6. The summed E-state index contributed by atoms with van der Waals surface area (Å²) in [6, 6.07) is 5.64. The molecule has 1 aliphatic heterocycles. The number of aromatic nitrogens is 2. The number of carbonyl (C=O) groups excluding carboxylic acids is 1. The molecule has 2 aromatic heterocycles. The predicted octanol–water partition coefficient (Wildman–Crippen LogP) is 1.22. The zero-order valence-corrected chi connectivity index (χ0v) is 13.0. The molecule has 1 fully saturated rings. The molecule has 0 unspecified atom stereocenters. The summed E-state index contributed by atoms with van der Waals surface area (Å²) >= 11 is 0. The van der Waals surface area contributed by atoms with Crippen molar-refractivity contribution in [3.8, 4) is 0 Å². The molecule has 0 aromatic carbocycles. The fraction of sp³-hybridized carbons (Fsp3) is 0.438. The summed E-state index contributed by atoms with van der Waals surface area (Å²) in [5.74, 6) is 1.70. The number of anilines is 1. The Balaban J connectivity index is 1.36. The summed E-state index contributed by atoms with van der Waals surface area (Å²) in [5.41, 5.74) is 0. The Hall–Kier alpha value is -2.41. The number of furan rings is 1. The van der Waals surface area contributed by atoms with Gasteiger partial charge in [-0.3, -0.25) is 9.69 Å². The third kappa shape index (κ3) is 4.53. The van der Waals surface area contributed by atoms with Gasteiger partial charge in [0.1, 0.15) is 5.76 Å². The maximum Gasteiger partial charge on any atom is 0.224 e. The molecule has 1 saturated heterocycles. The number of nitrogens with zero attached hydrogens (tertiary/aromatic N) is 4. The first-order valence-corrected chi connectivity index (χ1v) is 7.84. The molecule has 0 aliphatic carbocycles. The lowest BCUT2D eigenvalue weighted by Crippen LogP contribution is -2.48. The van der Waals surface area contributed by atoms with Crippen molar-refractivity contribution in [2.45, 2.75) is 13.0 Å². The summed E-state index contributed by atoms with van der Waals surface area (Å²) in [5, 5.41) is 3.06. The Morgan fingerprint density at radius 3 is 2.65 bits per heavy atom. The van der Waals surface area contributed by atoms with Gasteiger partial charge in [0.25, 0.3) is 0 Å². The Labute approximate surface area is 135 Å². The summed E-state index contributed by atoms with van der Waals surface area (Å²) in [7, 11) is 0. The Bertz CT molecular complexity index is 594. The topological polar surface area (TPSA) is 74.5 Å². The van der Waals surface area contributed by atoms with E-state index < -0.39 is 0 Å². The van der Waals surface area contributed by atoms with E-state index in [-0.39, 0.29) is 5.91 Å². The molecule has 1 amide bonds. The van der Waals surface area contributed by atoms with Crippen LogP contribution >= 0.6 is 0 Å². The number of rotatable bonds is 6. The van der Waals surface area contributed by atoms with Crippen molar-refractivity contribution in [1.82, 2.24) is 19.8 Å². The van der Waals surface area contributed by atoms with Gasteiger partial charge in [-0.05, 0) is 18.2 Å². The molecule has 1 N–H and O–H groups in total. The average Bonchev–Trinajstić information content (AvgIpc) is 3.09. The van der Waals surface area contributed by atoms with Crippen molar-refractivity contribution in [3.63, 3.8) is 0 Å². The highest BCUT2D eigenvalue weighted by Gasteiger charge is 2.21. The van der Waals surface area contributed by atoms with Gasteiger partial charge in [-0.1, -0.05) is 0 Å². The summed E-state index contributed by atoms with van der Waals surface area (Å²) in [4.78, 5) is 24.6. The molecule has 0 spiro atoms. The zero-order valence-electron chi connectivity index (χ0n) is 13.0. The van der Waals surface area contributed by atoms with Crippen molar-refractivity contribution < 1.29 is 9.21 Å². The number of hydrogen-bond acceptors (Lipinski definition) is 6. The molecule has 0 bridgehead atoms. The van der Waals surface area contributed by atoms with Gasteiger partial charge in [0, 0.05) is 51.5 Å². The third-order valence-corrected chi connectivity index (χ3v) is 3.87. The van der Waals surface area contributed by atoms with Gasteiger partial charge >= 0.3 is 0 Å². The van der Waals surface area contributed by atoms with Gasteiger partial charge in [0.15, 0.2) is 0 Å². The standard InChI is InChI=1S/C16H21N5O2/c22-15(4-7-19-16-17-5-2-6-18-16)21-10-8-20(9-11-21)13-14-3-1-12-23-14/h1-3,5-6,12H,4,7-11,13H2,(H,17,18,19). The van der Waals surface area contributed by atoms with Crippen molar-refractivity contribution in [2.24, 2.45) is 0 Å². The van der Waals surface area contributed by atoms with Crippen molar-refractivity contribution >= 4 is 11.9 Å². The van der Waals surface area contributed by atoms with Crippen LogP contribution in [0.2, 0.25) is 0 Å². The number of hydrogen-bond donors (Lipinski definition) is 1. The Morgan fingerprint density at radius 1 is 1.17 bits per heavy atom. The van der Waals surface area contributed by atoms with Crippen molar-refractivity contribution in [3.05, 3.63) is 42.6 Å². The van der Waals surface area contributed by atoms with Crippen LogP contribution in [0.25, 0.3) is 0 Å². The van der Waals surface area contributed by atoms with Crippen molar-refractivity contribution in [1.29, 1.82) is 0 Å². The van der Waals surface area contributed by atoms with Crippen LogP contribution in [0.3, 0.4) is 0 Å². The highest BCUT2D eigenvalue weighted by atomic mass is 16.3. The van der Waals surface area contributed by atoms with E-state index in [2.05, 4.69) is 20.2 Å². The average molecular weight is 315 g/mol. The first-order valence-electron chi connectivity index (χ1n) is 7.84. The number of nitrogens with one attached hydrogen (secondary N) is 1. The largest absolute Gasteiger partial charge is 0.468 e. The first kappa shape index (κ1) is 15.5. The van der Waals surface area contributed by atoms with Crippen LogP contribution in [0.15, 0.2) is 41.3 Å². The molecule has 0 atom stereocenters. The highest BCUT2D eigenvalue weighted by Crippen LogP contribution is 2.09. The molecule has 7 nitrogen and oxygen atoms in total. The van der Waals surface area contributed by atoms with Crippen molar-refractivity contribution in [2.75, 3.05) is 38.0 Å². The van der Waals surface area contributed by atoms with E-state index in [4.69, 9.17) is 4.42 Å². The molecular formula is C16H21N5O2. The Kier molecular flexibility index (Phi) is 5.21. The molecule has 2 aromatic rings. The predicted molar refractivity (Wildman–Crippen MR) is 85.7 cm³/mol. The van der Waals surface area contributed by atoms with Gasteiger partial charge in [-0.2, -0.15) is 0 Å². The van der Waals surface area contributed by atoms with Crippen LogP contribution in [-0.2, 0) is 11.3 Å². The van der Waals surface area contributed by atoms with Crippen LogP contribution in [0.1, 0.15) is 12.2 Å². The van der Waals surface area contributed by atoms with Crippen LogP contribution < -0.4 is 5.32 Å². The van der Waals surface area contributed by atoms with E-state index in [1.165, 1.54) is 0 Å². The molecule has 1 aliphatic rings. The van der Waals surface area contributed by atoms with Crippen LogP contribution in [-0.4, -0.2) is 58.4 Å². The van der Waals surface area contributed by atoms with Gasteiger partial charge < -0.3 is 14.6 Å². The maximum absolute atomic E-state index is 12.2. The second kappa shape index (κ2) is 7.73. The molecule has 23 heavy (non-hydrogen) atoms. The van der Waals surface area contributed by atoms with E-state index in [0.29, 0.717) is 18.9 Å². The fourth-order valence-electron chi connectivity index (χ4n) is 2.61. The zero-order chi connectivity index (χ0) is 15.9. The molecule has 7 heteroatoms. The van der Waals surface area contributed by atoms with E-state index >= 15 is 0 Å². The molecule has 3 heterocycles. The Morgan fingerprint density at radius 2 is 1.96 bits per heavy atom. The van der Waals surface area contributed by atoms with E-state index in [0.717, 1.165) is 38.5 Å². The molecular weight excluding hydrogens is 294 g/mol.